The van der Waals surface area contributed by atoms with Crippen molar-refractivity contribution in [2.45, 2.75) is 19.4 Å². The van der Waals surface area contributed by atoms with Crippen LogP contribution in [0, 0.1) is 0 Å². The highest BCUT2D eigenvalue weighted by atomic mass is 35.5. The quantitative estimate of drug-likeness (QED) is 0.789. The molecule has 1 atom stereocenters. The fourth-order valence-corrected chi connectivity index (χ4v) is 2.30. The second-order valence-electron chi connectivity index (χ2n) is 4.55. The van der Waals surface area contributed by atoms with Gasteiger partial charge in [-0.05, 0) is 37.6 Å². The van der Waals surface area contributed by atoms with E-state index >= 15 is 0 Å². The maximum atomic E-state index is 12.3. The minimum Gasteiger partial charge on any atom is -0.380 e. The van der Waals surface area contributed by atoms with Crippen LogP contribution in [0.5, 0.6) is 0 Å². The van der Waals surface area contributed by atoms with E-state index in [-0.39, 0.29) is 11.8 Å². The highest BCUT2D eigenvalue weighted by Gasteiger charge is 2.23. The molecular weight excluding hydrogens is 250 g/mol. The summed E-state index contributed by atoms with van der Waals surface area (Å²) < 4.78 is 5.41. The number of hydrogen-bond donors (Lipinski definition) is 0. The second-order valence-corrected chi connectivity index (χ2v) is 4.99. The molecule has 1 fully saturated rings. The Morgan fingerprint density at radius 3 is 2.72 bits per heavy atom. The Morgan fingerprint density at radius 2 is 2.00 bits per heavy atom. The fourth-order valence-electron chi connectivity index (χ4n) is 2.17. The smallest absolute Gasteiger partial charge is 0.179 e. The van der Waals surface area contributed by atoms with Crippen molar-refractivity contribution in [3.05, 3.63) is 34.9 Å². The maximum Gasteiger partial charge on any atom is 0.179 e. The average molecular weight is 268 g/mol. The third-order valence-corrected chi connectivity index (χ3v) is 3.56. The van der Waals surface area contributed by atoms with E-state index in [1.54, 1.807) is 24.3 Å². The Labute approximate surface area is 113 Å². The molecule has 0 saturated carbocycles. The topological polar surface area (TPSA) is 29.5 Å². The Hall–Kier alpha value is -0.900. The molecule has 0 aliphatic carbocycles. The van der Waals surface area contributed by atoms with Crippen molar-refractivity contribution >= 4 is 17.4 Å². The molecule has 0 amide bonds. The van der Waals surface area contributed by atoms with Crippen molar-refractivity contribution in [3.63, 3.8) is 0 Å². The summed E-state index contributed by atoms with van der Waals surface area (Å²) >= 11 is 5.83. The van der Waals surface area contributed by atoms with Gasteiger partial charge in [0, 0.05) is 30.3 Å². The molecule has 2 rings (SSSR count). The van der Waals surface area contributed by atoms with Gasteiger partial charge in [0.1, 0.15) is 0 Å². The number of Topliss-reactive ketones (excluding diaryl/α,β-unsaturated/α-hetero) is 1. The molecule has 1 aliphatic heterocycles. The summed E-state index contributed by atoms with van der Waals surface area (Å²) in [5.41, 5.74) is 0.720. The van der Waals surface area contributed by atoms with Crippen molar-refractivity contribution in [1.29, 1.82) is 0 Å². The number of halogens is 1. The van der Waals surface area contributed by atoms with Crippen LogP contribution in [0.2, 0.25) is 5.02 Å². The van der Waals surface area contributed by atoms with Crippen molar-refractivity contribution in [2.75, 3.05) is 26.3 Å². The Morgan fingerprint density at radius 1 is 1.28 bits per heavy atom. The number of ether oxygens (including phenoxy) is 1. The Kier molecular flexibility index (Phi) is 4.75. The van der Waals surface area contributed by atoms with Crippen LogP contribution in [0.25, 0.3) is 0 Å². The highest BCUT2D eigenvalue weighted by molar-refractivity contribution is 6.30. The van der Waals surface area contributed by atoms with Gasteiger partial charge in [-0.3, -0.25) is 9.69 Å². The van der Waals surface area contributed by atoms with E-state index < -0.39 is 0 Å². The lowest BCUT2D eigenvalue weighted by atomic mass is 10.0. The van der Waals surface area contributed by atoms with Gasteiger partial charge in [0.15, 0.2) is 5.78 Å². The predicted molar refractivity (Wildman–Crippen MR) is 72.3 cm³/mol. The first-order valence-electron chi connectivity index (χ1n) is 6.30. The van der Waals surface area contributed by atoms with E-state index in [4.69, 9.17) is 16.3 Å². The molecule has 18 heavy (non-hydrogen) atoms. The fraction of sp³-hybridized carbons (Fsp3) is 0.500. The minimum atomic E-state index is -0.104. The molecule has 1 unspecified atom stereocenters. The van der Waals surface area contributed by atoms with E-state index in [0.717, 1.165) is 31.7 Å². The number of carbonyl (C=O) groups excluding carboxylic acids is 1. The number of ketones is 1. The van der Waals surface area contributed by atoms with Crippen LogP contribution in [-0.2, 0) is 4.74 Å². The van der Waals surface area contributed by atoms with Gasteiger partial charge in [-0.1, -0.05) is 11.6 Å². The summed E-state index contributed by atoms with van der Waals surface area (Å²) in [4.78, 5) is 14.5. The zero-order valence-electron chi connectivity index (χ0n) is 10.6. The number of rotatable bonds is 3. The van der Waals surface area contributed by atoms with Gasteiger partial charge in [0.25, 0.3) is 0 Å². The summed E-state index contributed by atoms with van der Waals surface area (Å²) in [6.07, 6.45) is 0.984. The lowest BCUT2D eigenvalue weighted by Gasteiger charge is -2.25. The first-order chi connectivity index (χ1) is 8.68. The maximum absolute atomic E-state index is 12.3. The SMILES string of the molecule is CC(C(=O)c1ccc(Cl)cc1)N1CCCOCC1. The molecule has 3 nitrogen and oxygen atoms in total. The lowest BCUT2D eigenvalue weighted by molar-refractivity contribution is 0.0824. The van der Waals surface area contributed by atoms with Gasteiger partial charge in [-0.25, -0.2) is 0 Å². The van der Waals surface area contributed by atoms with Gasteiger partial charge >= 0.3 is 0 Å². The molecule has 1 aromatic rings. The van der Waals surface area contributed by atoms with Crippen LogP contribution in [0.1, 0.15) is 23.7 Å². The Bertz CT molecular complexity index is 397. The van der Waals surface area contributed by atoms with Crippen LogP contribution in [-0.4, -0.2) is 43.0 Å². The molecule has 0 bridgehead atoms. The summed E-state index contributed by atoms with van der Waals surface area (Å²) in [6.45, 7) is 5.19. The van der Waals surface area contributed by atoms with Crippen molar-refractivity contribution in [2.24, 2.45) is 0 Å². The van der Waals surface area contributed by atoms with Gasteiger partial charge in [-0.15, -0.1) is 0 Å². The van der Waals surface area contributed by atoms with Gasteiger partial charge in [-0.2, -0.15) is 0 Å². The minimum absolute atomic E-state index is 0.104. The zero-order chi connectivity index (χ0) is 13.0. The van der Waals surface area contributed by atoms with E-state index in [1.807, 2.05) is 6.92 Å². The summed E-state index contributed by atoms with van der Waals surface area (Å²) in [5.74, 6) is 0.147. The molecular formula is C14H18ClNO2. The third kappa shape index (κ3) is 3.31. The van der Waals surface area contributed by atoms with Gasteiger partial charge in [0.2, 0.25) is 0 Å². The first-order valence-corrected chi connectivity index (χ1v) is 6.68. The van der Waals surface area contributed by atoms with Crippen LogP contribution in [0.15, 0.2) is 24.3 Å². The summed E-state index contributed by atoms with van der Waals surface area (Å²) in [5, 5.41) is 0.655. The van der Waals surface area contributed by atoms with E-state index in [2.05, 4.69) is 4.90 Å². The van der Waals surface area contributed by atoms with Crippen LogP contribution < -0.4 is 0 Å². The predicted octanol–water partition coefficient (Wildman–Crippen LogP) is 2.63. The van der Waals surface area contributed by atoms with E-state index in [9.17, 15) is 4.79 Å². The van der Waals surface area contributed by atoms with Crippen LogP contribution >= 0.6 is 11.6 Å². The Balaban J connectivity index is 2.05. The summed E-state index contributed by atoms with van der Waals surface area (Å²) in [7, 11) is 0. The molecule has 1 heterocycles. The number of nitrogens with zero attached hydrogens (tertiary/aromatic N) is 1. The lowest BCUT2D eigenvalue weighted by Crippen LogP contribution is -2.40. The largest absolute Gasteiger partial charge is 0.380 e. The van der Waals surface area contributed by atoms with Crippen LogP contribution in [0.4, 0.5) is 0 Å². The van der Waals surface area contributed by atoms with E-state index in [0.29, 0.717) is 11.6 Å². The number of carbonyl (C=O) groups is 1. The van der Waals surface area contributed by atoms with E-state index in [1.165, 1.54) is 0 Å². The zero-order valence-corrected chi connectivity index (χ0v) is 11.3. The summed E-state index contributed by atoms with van der Waals surface area (Å²) in [6, 6.07) is 6.98. The molecule has 1 saturated heterocycles. The third-order valence-electron chi connectivity index (χ3n) is 3.31. The molecule has 0 aromatic heterocycles. The molecule has 0 spiro atoms. The molecule has 98 valence electrons. The molecule has 0 N–H and O–H groups in total. The van der Waals surface area contributed by atoms with Gasteiger partial charge < -0.3 is 4.74 Å². The molecule has 1 aromatic carbocycles. The first kappa shape index (κ1) is 13.5. The molecule has 0 radical (unpaired) electrons. The molecule has 4 heteroatoms. The molecule has 1 aliphatic rings. The van der Waals surface area contributed by atoms with Crippen LogP contribution in [0.3, 0.4) is 0 Å². The van der Waals surface area contributed by atoms with Crippen molar-refractivity contribution in [1.82, 2.24) is 4.90 Å². The van der Waals surface area contributed by atoms with Crippen molar-refractivity contribution < 1.29 is 9.53 Å². The monoisotopic (exact) mass is 267 g/mol. The second kappa shape index (κ2) is 6.32. The van der Waals surface area contributed by atoms with Crippen molar-refractivity contribution in [3.8, 4) is 0 Å². The highest BCUT2D eigenvalue weighted by Crippen LogP contribution is 2.14. The standard InChI is InChI=1S/C14H18ClNO2/c1-11(16-7-2-9-18-10-8-16)14(17)12-3-5-13(15)6-4-12/h3-6,11H,2,7-10H2,1H3. The number of benzene rings is 1. The number of hydrogen-bond acceptors (Lipinski definition) is 3. The average Bonchev–Trinajstić information content (AvgIpc) is 2.67. The normalized spacial score (nSPS) is 19.2. The van der Waals surface area contributed by atoms with Gasteiger partial charge in [0.05, 0.1) is 12.6 Å².